The molecule has 0 spiro atoms. The average molecular weight is 492 g/mol. The van der Waals surface area contributed by atoms with E-state index in [2.05, 4.69) is 30.9 Å². The normalized spacial score (nSPS) is 20.7. The number of oxime groups is 1. The van der Waals surface area contributed by atoms with Crippen LogP contribution in [-0.2, 0) is 20.9 Å². The summed E-state index contributed by atoms with van der Waals surface area (Å²) < 4.78 is 0. The van der Waals surface area contributed by atoms with E-state index >= 15 is 0 Å². The van der Waals surface area contributed by atoms with Crippen molar-refractivity contribution in [3.63, 3.8) is 0 Å². The molecule has 0 saturated carbocycles. The third kappa shape index (κ3) is 4.29. The minimum Gasteiger partial charge on any atom is -0.477 e. The Bertz CT molecular complexity index is 1220. The molecule has 0 radical (unpaired) electrons. The number of nitrogens with two attached hydrogens (primary N) is 1. The molecule has 1 unspecified atom stereocenters. The number of aromatic nitrogens is 5. The van der Waals surface area contributed by atoms with E-state index in [1.807, 2.05) is 0 Å². The van der Waals surface area contributed by atoms with Gasteiger partial charge in [-0.25, -0.2) is 9.78 Å². The van der Waals surface area contributed by atoms with E-state index in [1.165, 1.54) is 21.9 Å². The smallest absolute Gasteiger partial charge is 0.352 e. The number of carboxylic acids is 1. The molecule has 16 heteroatoms. The van der Waals surface area contributed by atoms with Gasteiger partial charge in [-0.3, -0.25) is 14.5 Å². The van der Waals surface area contributed by atoms with E-state index in [-0.39, 0.29) is 23.1 Å². The zero-order valence-corrected chi connectivity index (χ0v) is 18.6. The number of thiazole rings is 1. The van der Waals surface area contributed by atoms with Gasteiger partial charge in [-0.1, -0.05) is 17.3 Å². The lowest BCUT2D eigenvalue weighted by molar-refractivity contribution is -0.150. The second-order valence-corrected chi connectivity index (χ2v) is 8.85. The van der Waals surface area contributed by atoms with Gasteiger partial charge in [0.05, 0.1) is 6.54 Å². The van der Waals surface area contributed by atoms with Gasteiger partial charge in [0.15, 0.2) is 16.7 Å². The fourth-order valence-electron chi connectivity index (χ4n) is 3.28. The molecule has 1 saturated heterocycles. The van der Waals surface area contributed by atoms with Crippen LogP contribution in [0.5, 0.6) is 0 Å². The number of nitrogen functional groups attached to an aromatic ring is 1. The number of carbonyl (C=O) groups is 3. The van der Waals surface area contributed by atoms with Crippen molar-refractivity contribution in [1.82, 2.24) is 35.4 Å². The number of allylic oxidation sites excluding steroid dienone is 2. The fraction of sp³-hybridized carbons (Fsp3) is 0.294. The van der Waals surface area contributed by atoms with Crippen molar-refractivity contribution >= 4 is 51.7 Å². The number of rotatable bonds is 7. The van der Waals surface area contributed by atoms with Crippen LogP contribution < -0.4 is 11.1 Å². The maximum atomic E-state index is 12.7. The van der Waals surface area contributed by atoms with Gasteiger partial charge in [0.25, 0.3) is 11.8 Å². The number of tetrazole rings is 1. The summed E-state index contributed by atoms with van der Waals surface area (Å²) in [4.78, 5) is 43.6. The maximum Gasteiger partial charge on any atom is 0.352 e. The van der Waals surface area contributed by atoms with Crippen LogP contribution in [0.2, 0.25) is 0 Å². The highest BCUT2D eigenvalue weighted by molar-refractivity contribution is 8.00. The van der Waals surface area contributed by atoms with Gasteiger partial charge in [-0.2, -0.15) is 4.80 Å². The molecule has 4 rings (SSSR count). The molecule has 0 bridgehead atoms. The highest BCUT2D eigenvalue weighted by Crippen LogP contribution is 2.40. The molecule has 2 aliphatic rings. The predicted octanol–water partition coefficient (Wildman–Crippen LogP) is -0.806. The van der Waals surface area contributed by atoms with Crippen molar-refractivity contribution in [1.29, 1.82) is 0 Å². The summed E-state index contributed by atoms with van der Waals surface area (Å²) in [5.74, 6) is -1.87. The summed E-state index contributed by atoms with van der Waals surface area (Å²) in [6, 6.07) is -0.988. The number of thioether (sulfide) groups is 1. The number of carbonyl (C=O) groups excluding carboxylic acids is 2. The highest BCUT2D eigenvalue weighted by atomic mass is 32.2. The number of aryl methyl sites for hydroxylation is 1. The molecule has 2 aliphatic heterocycles. The van der Waals surface area contributed by atoms with Gasteiger partial charge in [0.1, 0.15) is 22.8 Å². The van der Waals surface area contributed by atoms with Crippen LogP contribution in [0, 0.1) is 6.92 Å². The average Bonchev–Trinajstić information content (AvgIpc) is 3.39. The van der Waals surface area contributed by atoms with Crippen molar-refractivity contribution in [2.75, 3.05) is 11.5 Å². The lowest BCUT2D eigenvalue weighted by Gasteiger charge is -2.49. The Morgan fingerprint density at radius 2 is 2.24 bits per heavy atom. The number of hydrogen-bond acceptors (Lipinski definition) is 12. The van der Waals surface area contributed by atoms with Gasteiger partial charge in [-0.15, -0.1) is 33.3 Å². The Balaban J connectivity index is 1.48. The van der Waals surface area contributed by atoms with Gasteiger partial charge >= 0.3 is 5.97 Å². The number of β-lactam (4-membered cyclic amide) rings is 1. The van der Waals surface area contributed by atoms with E-state index < -0.39 is 34.9 Å². The number of nitrogens with zero attached hydrogens (tertiary/aromatic N) is 7. The molecule has 2 atom stereocenters. The molecular formula is C17H17N9O5S2. The summed E-state index contributed by atoms with van der Waals surface area (Å²) in [7, 11) is 0. The summed E-state index contributed by atoms with van der Waals surface area (Å²) in [6.45, 7) is 1.98. The second kappa shape index (κ2) is 8.99. The summed E-state index contributed by atoms with van der Waals surface area (Å²) in [5.41, 5.74) is 5.49. The molecule has 4 heterocycles. The standard InChI is InChI=1S/C17H17N9O5S2/c1-7-21-24-25(22-7)4-2-3-8-5-32-15-11(14(28)26(15)12(8)16(29)30)20-13(27)10(23-31)9-6-33-17(18)19-9/h2-3,6,11,15,31H,4-5H2,1H3,(H2,18,19)(H,20,27)(H,29,30)/b3-2+,23-10?/t11?,15-/m1/s1. The molecular weight excluding hydrogens is 474 g/mol. The second-order valence-electron chi connectivity index (χ2n) is 6.85. The lowest BCUT2D eigenvalue weighted by atomic mass is 10.0. The molecule has 2 aromatic rings. The number of anilines is 1. The Hall–Kier alpha value is -3.79. The van der Waals surface area contributed by atoms with Crippen molar-refractivity contribution in [2.24, 2.45) is 5.16 Å². The Kier molecular flexibility index (Phi) is 6.10. The summed E-state index contributed by atoms with van der Waals surface area (Å²) >= 11 is 2.35. The molecule has 0 aliphatic carbocycles. The van der Waals surface area contributed by atoms with Gasteiger partial charge in [0, 0.05) is 11.1 Å². The zero-order valence-electron chi connectivity index (χ0n) is 16.9. The van der Waals surface area contributed by atoms with Crippen molar-refractivity contribution in [3.8, 4) is 0 Å². The van der Waals surface area contributed by atoms with E-state index in [1.54, 1.807) is 19.1 Å². The number of nitrogens with one attached hydrogen (secondary N) is 1. The third-order valence-corrected chi connectivity index (χ3v) is 6.68. The van der Waals surface area contributed by atoms with Crippen LogP contribution in [0.25, 0.3) is 0 Å². The number of fused-ring (bicyclic) bond motifs is 1. The molecule has 2 amide bonds. The molecule has 1 fully saturated rings. The Morgan fingerprint density at radius 1 is 1.45 bits per heavy atom. The predicted molar refractivity (Wildman–Crippen MR) is 116 cm³/mol. The van der Waals surface area contributed by atoms with E-state index in [4.69, 9.17) is 5.73 Å². The minimum atomic E-state index is -1.26. The van der Waals surface area contributed by atoms with E-state index in [0.717, 1.165) is 16.2 Å². The summed E-state index contributed by atoms with van der Waals surface area (Å²) in [6.07, 6.45) is 3.28. The van der Waals surface area contributed by atoms with Crippen LogP contribution >= 0.6 is 23.1 Å². The molecule has 172 valence electrons. The Morgan fingerprint density at radius 3 is 2.85 bits per heavy atom. The highest BCUT2D eigenvalue weighted by Gasteiger charge is 2.54. The fourth-order valence-corrected chi connectivity index (χ4v) is 5.15. The minimum absolute atomic E-state index is 0.0630. The largest absolute Gasteiger partial charge is 0.477 e. The van der Waals surface area contributed by atoms with Crippen LogP contribution in [0.1, 0.15) is 11.5 Å². The molecule has 33 heavy (non-hydrogen) atoms. The first-order valence-corrected chi connectivity index (χ1v) is 11.3. The first-order chi connectivity index (χ1) is 15.8. The van der Waals surface area contributed by atoms with Crippen molar-refractivity contribution < 1.29 is 24.7 Å². The van der Waals surface area contributed by atoms with Crippen LogP contribution in [-0.4, -0.2) is 81.1 Å². The molecule has 2 aromatic heterocycles. The monoisotopic (exact) mass is 491 g/mol. The van der Waals surface area contributed by atoms with Crippen molar-refractivity contribution in [2.45, 2.75) is 24.9 Å². The van der Waals surface area contributed by atoms with Gasteiger partial charge in [-0.05, 0) is 17.7 Å². The number of carboxylic acid groups (broad SMARTS) is 1. The number of amides is 2. The molecule has 0 aromatic carbocycles. The quantitative estimate of drug-likeness (QED) is 0.163. The zero-order chi connectivity index (χ0) is 23.7. The first-order valence-electron chi connectivity index (χ1n) is 9.36. The summed E-state index contributed by atoms with van der Waals surface area (Å²) in [5, 5.41) is 37.0. The topological polar surface area (TPSA) is 202 Å². The van der Waals surface area contributed by atoms with Gasteiger partial charge < -0.3 is 21.4 Å². The third-order valence-electron chi connectivity index (χ3n) is 4.71. The maximum absolute atomic E-state index is 12.7. The van der Waals surface area contributed by atoms with Crippen LogP contribution in [0.3, 0.4) is 0 Å². The van der Waals surface area contributed by atoms with Crippen LogP contribution in [0.4, 0.5) is 5.13 Å². The number of aliphatic carboxylic acids is 1. The molecule has 14 nitrogen and oxygen atoms in total. The van der Waals surface area contributed by atoms with E-state index in [9.17, 15) is 24.7 Å². The van der Waals surface area contributed by atoms with Crippen molar-refractivity contribution in [3.05, 3.63) is 40.3 Å². The Labute approximate surface area is 193 Å². The number of hydrogen-bond donors (Lipinski definition) is 4. The first kappa shape index (κ1) is 22.4. The SMILES string of the molecule is Cc1nnn(C/C=C/C2=C(C(=O)O)N3C(=O)C(NC(=O)C(=NO)c4csc(N)n4)[C@H]3SC2)n1. The van der Waals surface area contributed by atoms with E-state index in [0.29, 0.717) is 17.2 Å². The lowest BCUT2D eigenvalue weighted by Crippen LogP contribution is -2.71. The van der Waals surface area contributed by atoms with Gasteiger partial charge in [0.2, 0.25) is 0 Å². The van der Waals surface area contributed by atoms with Crippen LogP contribution in [0.15, 0.2) is 34.0 Å². The molecule has 5 N–H and O–H groups in total.